The van der Waals surface area contributed by atoms with Gasteiger partial charge in [0.2, 0.25) is 0 Å². The number of carbonyl (C=O) groups excluding carboxylic acids is 2. The molecule has 2 aromatic rings. The van der Waals surface area contributed by atoms with Crippen molar-refractivity contribution in [3.8, 4) is 11.5 Å². The number of phenols is 1. The lowest BCUT2D eigenvalue weighted by Crippen LogP contribution is -2.04. The average molecular weight is 382 g/mol. The molecule has 0 saturated heterocycles. The minimum atomic E-state index is -0.570. The lowest BCUT2D eigenvalue weighted by atomic mass is 10.1. The van der Waals surface area contributed by atoms with Crippen LogP contribution in [0.15, 0.2) is 36.4 Å². The second-order valence-electron chi connectivity index (χ2n) is 5.32. The van der Waals surface area contributed by atoms with Gasteiger partial charge in [-0.25, -0.2) is 8.78 Å². The van der Waals surface area contributed by atoms with E-state index in [1.165, 1.54) is 45.6 Å². The van der Waals surface area contributed by atoms with E-state index in [0.717, 1.165) is 6.07 Å². The van der Waals surface area contributed by atoms with Crippen LogP contribution in [0.1, 0.15) is 11.1 Å². The molecule has 8 heteroatoms. The summed E-state index contributed by atoms with van der Waals surface area (Å²) in [5, 5.41) is 8.99. The van der Waals surface area contributed by atoms with Gasteiger partial charge in [-0.3, -0.25) is 9.59 Å². The van der Waals surface area contributed by atoms with Crippen molar-refractivity contribution in [2.24, 2.45) is 0 Å². The molecule has 1 N–H and O–H groups in total. The molecule has 0 aliphatic carbocycles. The number of ether oxygens (including phenoxy) is 3. The third-order valence-corrected chi connectivity index (χ3v) is 3.26. The van der Waals surface area contributed by atoms with E-state index in [0.29, 0.717) is 16.9 Å². The van der Waals surface area contributed by atoms with E-state index in [1.54, 1.807) is 6.07 Å². The molecule has 0 amide bonds. The molecule has 0 aromatic heterocycles. The highest BCUT2D eigenvalue weighted by Crippen LogP contribution is 2.16. The quantitative estimate of drug-likeness (QED) is 0.801. The van der Waals surface area contributed by atoms with Crippen LogP contribution >= 0.6 is 0 Å². The van der Waals surface area contributed by atoms with E-state index in [-0.39, 0.29) is 18.6 Å². The molecule has 0 radical (unpaired) electrons. The third-order valence-electron chi connectivity index (χ3n) is 3.26. The van der Waals surface area contributed by atoms with Gasteiger partial charge in [0.05, 0.1) is 34.2 Å². The van der Waals surface area contributed by atoms with Crippen LogP contribution in [0.4, 0.5) is 8.78 Å². The molecule has 146 valence electrons. The first-order valence-corrected chi connectivity index (χ1v) is 7.73. The number of esters is 2. The van der Waals surface area contributed by atoms with E-state index in [9.17, 15) is 18.4 Å². The fourth-order valence-corrected chi connectivity index (χ4v) is 2.05. The Hall–Kier alpha value is -3.16. The molecule has 2 rings (SSSR count). The van der Waals surface area contributed by atoms with Gasteiger partial charge in [0.15, 0.2) is 0 Å². The molecule has 6 nitrogen and oxygen atoms in total. The summed E-state index contributed by atoms with van der Waals surface area (Å²) in [6, 6.07) is 7.59. The Kier molecular flexibility index (Phi) is 8.71. The number of methoxy groups -OCH3 is 3. The number of benzene rings is 2. The normalized spacial score (nSPS) is 9.67. The van der Waals surface area contributed by atoms with Gasteiger partial charge in [-0.15, -0.1) is 0 Å². The van der Waals surface area contributed by atoms with Crippen molar-refractivity contribution in [3.63, 3.8) is 0 Å². The number of hydrogen-bond acceptors (Lipinski definition) is 6. The first-order valence-electron chi connectivity index (χ1n) is 7.73. The van der Waals surface area contributed by atoms with Crippen molar-refractivity contribution in [2.45, 2.75) is 12.8 Å². The zero-order valence-electron chi connectivity index (χ0n) is 15.1. The van der Waals surface area contributed by atoms with Gasteiger partial charge in [0.25, 0.3) is 0 Å². The van der Waals surface area contributed by atoms with Crippen LogP contribution in [0.3, 0.4) is 0 Å². The smallest absolute Gasteiger partial charge is 0.309 e. The summed E-state index contributed by atoms with van der Waals surface area (Å²) in [7, 11) is 3.98. The van der Waals surface area contributed by atoms with Crippen LogP contribution in [-0.4, -0.2) is 38.4 Å². The average Bonchev–Trinajstić information content (AvgIpc) is 2.60. The molecule has 0 heterocycles. The van der Waals surface area contributed by atoms with Gasteiger partial charge in [-0.2, -0.15) is 0 Å². The van der Waals surface area contributed by atoms with Crippen LogP contribution in [0.25, 0.3) is 0 Å². The van der Waals surface area contributed by atoms with Gasteiger partial charge >= 0.3 is 11.9 Å². The molecule has 0 bridgehead atoms. The summed E-state index contributed by atoms with van der Waals surface area (Å²) in [6.45, 7) is 0. The highest BCUT2D eigenvalue weighted by Gasteiger charge is 2.06. The van der Waals surface area contributed by atoms with E-state index in [2.05, 4.69) is 9.47 Å². The highest BCUT2D eigenvalue weighted by atomic mass is 19.1. The molecule has 0 aliphatic heterocycles. The number of aromatic hydroxyl groups is 1. The Bertz CT molecular complexity index is 772. The number of halogens is 2. The molecule has 0 unspecified atom stereocenters. The number of rotatable bonds is 5. The standard InChI is InChI=1S/C10H11FO3.C9H9FO3/c1-13-9-4-7(3-8(11)6-9)5-10(12)14-2;1-13-9(12)4-6-2-7(10)5-8(11)3-6/h3-4,6H,5H2,1-2H3;2-3,5,11H,4H2,1H3. The first-order chi connectivity index (χ1) is 12.8. The SMILES string of the molecule is COC(=O)Cc1cc(F)cc(OC)c1.COC(=O)Cc1cc(O)cc(F)c1. The van der Waals surface area contributed by atoms with E-state index >= 15 is 0 Å². The predicted molar refractivity (Wildman–Crippen MR) is 92.5 cm³/mol. The van der Waals surface area contributed by atoms with Crippen molar-refractivity contribution in [3.05, 3.63) is 59.2 Å². The van der Waals surface area contributed by atoms with Crippen molar-refractivity contribution < 1.29 is 37.7 Å². The van der Waals surface area contributed by atoms with Crippen molar-refractivity contribution in [1.29, 1.82) is 0 Å². The zero-order chi connectivity index (χ0) is 20.4. The summed E-state index contributed by atoms with van der Waals surface area (Å²) in [4.78, 5) is 21.7. The maximum atomic E-state index is 12.9. The highest BCUT2D eigenvalue weighted by molar-refractivity contribution is 5.73. The van der Waals surface area contributed by atoms with Gasteiger partial charge in [0.1, 0.15) is 23.1 Å². The van der Waals surface area contributed by atoms with Crippen molar-refractivity contribution >= 4 is 11.9 Å². The topological polar surface area (TPSA) is 82.1 Å². The van der Waals surface area contributed by atoms with E-state index in [1.807, 2.05) is 0 Å². The molecule has 0 fully saturated rings. The molecule has 0 saturated carbocycles. The third kappa shape index (κ3) is 8.17. The Morgan fingerprint density at radius 3 is 1.74 bits per heavy atom. The molecular weight excluding hydrogens is 362 g/mol. The Morgan fingerprint density at radius 2 is 1.30 bits per heavy atom. The van der Waals surface area contributed by atoms with Crippen LogP contribution in [-0.2, 0) is 31.9 Å². The van der Waals surface area contributed by atoms with Crippen LogP contribution in [0.5, 0.6) is 11.5 Å². The fourth-order valence-electron chi connectivity index (χ4n) is 2.05. The Balaban J connectivity index is 0.000000271. The first kappa shape index (κ1) is 21.9. The van der Waals surface area contributed by atoms with Crippen molar-refractivity contribution in [1.82, 2.24) is 0 Å². The van der Waals surface area contributed by atoms with Gasteiger partial charge in [-0.05, 0) is 35.4 Å². The molecule has 0 spiro atoms. The summed E-state index contributed by atoms with van der Waals surface area (Å²) in [5.41, 5.74) is 0.929. The molecule has 2 aromatic carbocycles. The molecular formula is C19H20F2O6. The summed E-state index contributed by atoms with van der Waals surface area (Å²) in [5.74, 6) is -1.67. The largest absolute Gasteiger partial charge is 0.508 e. The van der Waals surface area contributed by atoms with Crippen molar-refractivity contribution in [2.75, 3.05) is 21.3 Å². The predicted octanol–water partition coefficient (Wildman–Crippen LogP) is 2.80. The summed E-state index contributed by atoms with van der Waals surface area (Å²) in [6.07, 6.45) is 0.00639. The minimum absolute atomic E-state index is 0.0399. The number of hydrogen-bond donors (Lipinski definition) is 1. The molecule has 27 heavy (non-hydrogen) atoms. The van der Waals surface area contributed by atoms with Crippen LogP contribution in [0, 0.1) is 11.6 Å². The number of phenolic OH excluding ortho intramolecular Hbond substituents is 1. The second kappa shape index (κ2) is 10.7. The maximum Gasteiger partial charge on any atom is 0.309 e. The number of carbonyl (C=O) groups is 2. The lowest BCUT2D eigenvalue weighted by Gasteiger charge is -2.04. The Labute approximate surface area is 155 Å². The van der Waals surface area contributed by atoms with E-state index in [4.69, 9.17) is 9.84 Å². The minimum Gasteiger partial charge on any atom is -0.508 e. The van der Waals surface area contributed by atoms with Gasteiger partial charge in [0, 0.05) is 12.1 Å². The maximum absolute atomic E-state index is 12.9. The molecule has 0 aliphatic rings. The fraction of sp³-hybridized carbons (Fsp3) is 0.263. The van der Waals surface area contributed by atoms with Crippen LogP contribution in [0.2, 0.25) is 0 Å². The van der Waals surface area contributed by atoms with Crippen LogP contribution < -0.4 is 4.74 Å². The lowest BCUT2D eigenvalue weighted by molar-refractivity contribution is -0.140. The van der Waals surface area contributed by atoms with Gasteiger partial charge < -0.3 is 19.3 Å². The zero-order valence-corrected chi connectivity index (χ0v) is 15.1. The summed E-state index contributed by atoms with van der Waals surface area (Å²) < 4.78 is 39.3. The second-order valence-corrected chi connectivity index (χ2v) is 5.32. The molecule has 0 atom stereocenters. The Morgan fingerprint density at radius 1 is 0.815 bits per heavy atom. The summed E-state index contributed by atoms with van der Waals surface area (Å²) >= 11 is 0. The van der Waals surface area contributed by atoms with E-state index < -0.39 is 23.6 Å². The monoisotopic (exact) mass is 382 g/mol. The van der Waals surface area contributed by atoms with Gasteiger partial charge in [-0.1, -0.05) is 0 Å².